The molecule has 1 fully saturated rings. The van der Waals surface area contributed by atoms with E-state index in [1.807, 2.05) is 29.1 Å². The van der Waals surface area contributed by atoms with Crippen LogP contribution in [0.1, 0.15) is 18.9 Å². The first kappa shape index (κ1) is 8.16. The van der Waals surface area contributed by atoms with E-state index in [0.717, 1.165) is 0 Å². The van der Waals surface area contributed by atoms with Crippen molar-refractivity contribution in [3.63, 3.8) is 0 Å². The number of hydrogen-bond acceptors (Lipinski definition) is 2. The molecule has 1 aromatic heterocycles. The second-order valence-electron chi connectivity index (χ2n) is 3.44. The lowest BCUT2D eigenvalue weighted by Crippen LogP contribution is -2.27. The SMILES string of the molecule is NC(=NO)[C@@H](C1CC1)n1cccc1. The predicted molar refractivity (Wildman–Crippen MR) is 49.6 cm³/mol. The highest BCUT2D eigenvalue weighted by molar-refractivity contribution is 5.84. The van der Waals surface area contributed by atoms with Crippen molar-refractivity contribution in [1.82, 2.24) is 4.57 Å². The zero-order valence-electron chi connectivity index (χ0n) is 7.30. The van der Waals surface area contributed by atoms with Gasteiger partial charge in [0.25, 0.3) is 0 Å². The van der Waals surface area contributed by atoms with E-state index in [-0.39, 0.29) is 6.04 Å². The molecule has 1 atom stereocenters. The fraction of sp³-hybridized carbons (Fsp3) is 0.444. The molecular weight excluding hydrogens is 166 g/mol. The van der Waals surface area contributed by atoms with Crippen LogP contribution in [0.3, 0.4) is 0 Å². The summed E-state index contributed by atoms with van der Waals surface area (Å²) in [7, 11) is 0. The first-order valence-electron chi connectivity index (χ1n) is 4.43. The largest absolute Gasteiger partial charge is 0.409 e. The topological polar surface area (TPSA) is 63.5 Å². The zero-order valence-corrected chi connectivity index (χ0v) is 7.30. The molecule has 1 aliphatic carbocycles. The predicted octanol–water partition coefficient (Wildman–Crippen LogP) is 1.19. The summed E-state index contributed by atoms with van der Waals surface area (Å²) in [4.78, 5) is 0. The number of rotatable bonds is 3. The van der Waals surface area contributed by atoms with E-state index >= 15 is 0 Å². The van der Waals surface area contributed by atoms with E-state index in [1.54, 1.807) is 0 Å². The molecule has 1 aliphatic rings. The molecule has 13 heavy (non-hydrogen) atoms. The molecule has 0 aliphatic heterocycles. The van der Waals surface area contributed by atoms with Gasteiger partial charge in [-0.1, -0.05) is 5.16 Å². The summed E-state index contributed by atoms with van der Waals surface area (Å²) in [5.74, 6) is 0.849. The summed E-state index contributed by atoms with van der Waals surface area (Å²) in [6.45, 7) is 0. The Bertz CT molecular complexity index is 301. The number of oxime groups is 1. The Labute approximate surface area is 76.7 Å². The quantitative estimate of drug-likeness (QED) is 0.317. The number of aromatic nitrogens is 1. The molecule has 2 rings (SSSR count). The Hall–Kier alpha value is -1.45. The third-order valence-corrected chi connectivity index (χ3v) is 2.44. The molecule has 0 saturated heterocycles. The number of amidine groups is 1. The number of hydrogen-bond donors (Lipinski definition) is 2. The van der Waals surface area contributed by atoms with Crippen LogP contribution in [-0.4, -0.2) is 15.6 Å². The summed E-state index contributed by atoms with van der Waals surface area (Å²) in [6, 6.07) is 3.93. The van der Waals surface area contributed by atoms with Crippen LogP contribution in [0, 0.1) is 5.92 Å². The molecule has 70 valence electrons. The minimum Gasteiger partial charge on any atom is -0.409 e. The first-order chi connectivity index (χ1) is 6.33. The van der Waals surface area contributed by atoms with Gasteiger partial charge < -0.3 is 15.5 Å². The fourth-order valence-corrected chi connectivity index (χ4v) is 1.64. The Kier molecular flexibility index (Phi) is 1.96. The van der Waals surface area contributed by atoms with Crippen molar-refractivity contribution in [2.24, 2.45) is 16.8 Å². The Morgan fingerprint density at radius 3 is 2.54 bits per heavy atom. The van der Waals surface area contributed by atoms with Gasteiger partial charge in [0.15, 0.2) is 5.84 Å². The van der Waals surface area contributed by atoms with Crippen molar-refractivity contribution in [2.45, 2.75) is 18.9 Å². The molecule has 4 heteroatoms. The lowest BCUT2D eigenvalue weighted by Gasteiger charge is -2.16. The van der Waals surface area contributed by atoms with Crippen molar-refractivity contribution < 1.29 is 5.21 Å². The van der Waals surface area contributed by atoms with Gasteiger partial charge in [0.1, 0.15) is 0 Å². The minimum absolute atomic E-state index is 0.0417. The van der Waals surface area contributed by atoms with Crippen molar-refractivity contribution in [1.29, 1.82) is 0 Å². The fourth-order valence-electron chi connectivity index (χ4n) is 1.64. The van der Waals surface area contributed by atoms with Crippen molar-refractivity contribution >= 4 is 5.84 Å². The van der Waals surface area contributed by atoms with Crippen molar-refractivity contribution in [3.05, 3.63) is 24.5 Å². The highest BCUT2D eigenvalue weighted by atomic mass is 16.4. The summed E-state index contributed by atoms with van der Waals surface area (Å²) >= 11 is 0. The van der Waals surface area contributed by atoms with Crippen LogP contribution >= 0.6 is 0 Å². The Morgan fingerprint density at radius 2 is 2.08 bits per heavy atom. The second kappa shape index (κ2) is 3.12. The van der Waals surface area contributed by atoms with Crippen LogP contribution in [-0.2, 0) is 0 Å². The van der Waals surface area contributed by atoms with E-state index in [9.17, 15) is 0 Å². The molecule has 4 nitrogen and oxygen atoms in total. The van der Waals surface area contributed by atoms with Gasteiger partial charge in [-0.2, -0.15) is 0 Å². The molecule has 0 radical (unpaired) electrons. The molecule has 0 spiro atoms. The summed E-state index contributed by atoms with van der Waals surface area (Å²) < 4.78 is 1.99. The van der Waals surface area contributed by atoms with Gasteiger partial charge in [0.05, 0.1) is 6.04 Å². The van der Waals surface area contributed by atoms with Crippen LogP contribution in [0.25, 0.3) is 0 Å². The van der Waals surface area contributed by atoms with Crippen LogP contribution in [0.4, 0.5) is 0 Å². The molecular formula is C9H13N3O. The Balaban J connectivity index is 2.24. The van der Waals surface area contributed by atoms with E-state index in [1.165, 1.54) is 12.8 Å². The lowest BCUT2D eigenvalue weighted by atomic mass is 10.1. The minimum atomic E-state index is 0.0417. The molecule has 1 aromatic rings. The van der Waals surface area contributed by atoms with Crippen LogP contribution in [0.2, 0.25) is 0 Å². The van der Waals surface area contributed by atoms with E-state index < -0.39 is 0 Å². The van der Waals surface area contributed by atoms with Gasteiger partial charge in [-0.15, -0.1) is 0 Å². The Morgan fingerprint density at radius 1 is 1.46 bits per heavy atom. The maximum atomic E-state index is 8.63. The second-order valence-corrected chi connectivity index (χ2v) is 3.44. The summed E-state index contributed by atoms with van der Waals surface area (Å²) in [5.41, 5.74) is 5.63. The van der Waals surface area contributed by atoms with E-state index in [0.29, 0.717) is 11.8 Å². The van der Waals surface area contributed by atoms with Gasteiger partial charge >= 0.3 is 0 Å². The zero-order chi connectivity index (χ0) is 9.26. The van der Waals surface area contributed by atoms with Gasteiger partial charge in [0.2, 0.25) is 0 Å². The standard InChI is InChI=1S/C9H13N3O/c10-9(11-13)8(7-3-4-7)12-5-1-2-6-12/h1-2,5-8,13H,3-4H2,(H2,10,11)/t8-/m1/s1. The third-order valence-electron chi connectivity index (χ3n) is 2.44. The molecule has 0 bridgehead atoms. The smallest absolute Gasteiger partial charge is 0.162 e. The molecule has 0 amide bonds. The summed E-state index contributed by atoms with van der Waals surface area (Å²) in [5, 5.41) is 11.7. The van der Waals surface area contributed by atoms with Gasteiger partial charge in [-0.05, 0) is 30.9 Å². The monoisotopic (exact) mass is 179 g/mol. The molecule has 0 unspecified atom stereocenters. The average molecular weight is 179 g/mol. The highest BCUT2D eigenvalue weighted by Gasteiger charge is 2.34. The molecule has 0 aromatic carbocycles. The van der Waals surface area contributed by atoms with Crippen molar-refractivity contribution in [2.75, 3.05) is 0 Å². The van der Waals surface area contributed by atoms with Crippen LogP contribution in [0.15, 0.2) is 29.7 Å². The van der Waals surface area contributed by atoms with Gasteiger partial charge in [-0.3, -0.25) is 0 Å². The van der Waals surface area contributed by atoms with Crippen LogP contribution in [0.5, 0.6) is 0 Å². The highest BCUT2D eigenvalue weighted by Crippen LogP contribution is 2.39. The molecule has 1 saturated carbocycles. The van der Waals surface area contributed by atoms with Crippen LogP contribution < -0.4 is 5.73 Å². The van der Waals surface area contributed by atoms with E-state index in [4.69, 9.17) is 10.9 Å². The number of nitrogens with two attached hydrogens (primary N) is 1. The van der Waals surface area contributed by atoms with Gasteiger partial charge in [0, 0.05) is 12.4 Å². The summed E-state index contributed by atoms with van der Waals surface area (Å²) in [6.07, 6.45) is 6.22. The first-order valence-corrected chi connectivity index (χ1v) is 4.43. The van der Waals surface area contributed by atoms with Gasteiger partial charge in [-0.25, -0.2) is 0 Å². The van der Waals surface area contributed by atoms with Crippen molar-refractivity contribution in [3.8, 4) is 0 Å². The average Bonchev–Trinajstić information content (AvgIpc) is 2.81. The number of nitrogens with zero attached hydrogens (tertiary/aromatic N) is 2. The molecule has 3 N–H and O–H groups in total. The third kappa shape index (κ3) is 1.52. The van der Waals surface area contributed by atoms with E-state index in [2.05, 4.69) is 5.16 Å². The maximum absolute atomic E-state index is 8.63. The normalized spacial score (nSPS) is 20.2. The lowest BCUT2D eigenvalue weighted by molar-refractivity contribution is 0.312. The molecule has 1 heterocycles. The maximum Gasteiger partial charge on any atom is 0.162 e.